The summed E-state index contributed by atoms with van der Waals surface area (Å²) in [5.74, 6) is 2.05. The van der Waals surface area contributed by atoms with Gasteiger partial charge in [0.25, 0.3) is 0 Å². The molecule has 4 rings (SSSR count). The summed E-state index contributed by atoms with van der Waals surface area (Å²) < 4.78 is 8.40. The Labute approximate surface area is 212 Å². The lowest BCUT2D eigenvalue weighted by atomic mass is 10.1. The predicted molar refractivity (Wildman–Crippen MR) is 142 cm³/mol. The minimum Gasteiger partial charge on any atom is -0.493 e. The van der Waals surface area contributed by atoms with Crippen molar-refractivity contribution in [2.75, 3.05) is 13.2 Å². The predicted octanol–water partition coefficient (Wildman–Crippen LogP) is 6.07. The number of imidazole rings is 1. The second-order valence-corrected chi connectivity index (χ2v) is 9.28. The van der Waals surface area contributed by atoms with Gasteiger partial charge in [-0.1, -0.05) is 54.1 Å². The first-order valence-electron chi connectivity index (χ1n) is 12.2. The molecule has 0 spiro atoms. The molecule has 182 valence electrons. The fourth-order valence-electron chi connectivity index (χ4n) is 4.31. The highest BCUT2D eigenvalue weighted by atomic mass is 35.5. The van der Waals surface area contributed by atoms with E-state index in [1.807, 2.05) is 30.3 Å². The molecule has 1 amide bonds. The number of halogens is 1. The Hall–Kier alpha value is -3.31. The summed E-state index contributed by atoms with van der Waals surface area (Å²) in [5, 5.41) is 3.70. The number of amides is 1. The van der Waals surface area contributed by atoms with E-state index < -0.39 is 0 Å². The van der Waals surface area contributed by atoms with Crippen LogP contribution in [0.2, 0.25) is 5.02 Å². The van der Waals surface area contributed by atoms with Gasteiger partial charge in [-0.2, -0.15) is 0 Å². The largest absolute Gasteiger partial charge is 0.493 e. The zero-order valence-corrected chi connectivity index (χ0v) is 21.1. The van der Waals surface area contributed by atoms with Gasteiger partial charge in [-0.05, 0) is 67.6 Å². The van der Waals surface area contributed by atoms with Crippen LogP contribution >= 0.6 is 11.6 Å². The van der Waals surface area contributed by atoms with Gasteiger partial charge in [-0.15, -0.1) is 0 Å². The molecule has 3 aromatic carbocycles. The van der Waals surface area contributed by atoms with Crippen LogP contribution in [0.3, 0.4) is 0 Å². The lowest BCUT2D eigenvalue weighted by Gasteiger charge is -2.13. The molecule has 0 aliphatic rings. The number of rotatable bonds is 11. The van der Waals surface area contributed by atoms with Crippen molar-refractivity contribution in [2.45, 2.75) is 46.1 Å². The van der Waals surface area contributed by atoms with Crippen LogP contribution in [-0.2, 0) is 24.2 Å². The lowest BCUT2D eigenvalue weighted by molar-refractivity contribution is -0.120. The molecule has 1 heterocycles. The summed E-state index contributed by atoms with van der Waals surface area (Å²) in [6.07, 6.45) is 2.87. The number of nitrogens with one attached hydrogen (secondary N) is 1. The molecule has 35 heavy (non-hydrogen) atoms. The molecule has 5 nitrogen and oxygen atoms in total. The molecule has 1 N–H and O–H groups in total. The normalized spacial score (nSPS) is 11.1. The Kier molecular flexibility index (Phi) is 8.43. The molecule has 0 unspecified atom stereocenters. The van der Waals surface area contributed by atoms with Crippen LogP contribution in [-0.4, -0.2) is 28.6 Å². The second-order valence-electron chi connectivity index (χ2n) is 8.85. The van der Waals surface area contributed by atoms with Gasteiger partial charge < -0.3 is 14.6 Å². The number of aromatic nitrogens is 2. The molecule has 0 fully saturated rings. The number of hydrogen-bond acceptors (Lipinski definition) is 3. The van der Waals surface area contributed by atoms with E-state index in [-0.39, 0.29) is 5.91 Å². The van der Waals surface area contributed by atoms with Crippen molar-refractivity contribution in [1.29, 1.82) is 0 Å². The van der Waals surface area contributed by atoms with Crippen LogP contribution in [0.4, 0.5) is 0 Å². The third-order valence-electron chi connectivity index (χ3n) is 6.09. The van der Waals surface area contributed by atoms with Crippen LogP contribution in [0.15, 0.2) is 66.7 Å². The van der Waals surface area contributed by atoms with Crippen LogP contribution < -0.4 is 10.1 Å². The standard InChI is InChI=1S/C29H32ClN3O2/c1-21-8-5-9-22(2)29(21)35-19-7-18-33-26-11-4-3-10-25(26)32-27(33)12-6-17-31-28(34)20-23-13-15-24(30)16-14-23/h3-5,8-11,13-16H,6-7,12,17-20H2,1-2H3,(H,31,34). The Morgan fingerprint density at radius 2 is 1.71 bits per heavy atom. The van der Waals surface area contributed by atoms with Crippen molar-refractivity contribution in [2.24, 2.45) is 0 Å². The van der Waals surface area contributed by atoms with Gasteiger partial charge >= 0.3 is 0 Å². The van der Waals surface area contributed by atoms with E-state index in [1.54, 1.807) is 0 Å². The van der Waals surface area contributed by atoms with Crippen molar-refractivity contribution >= 4 is 28.5 Å². The Morgan fingerprint density at radius 3 is 2.49 bits per heavy atom. The fraction of sp³-hybridized carbons (Fsp3) is 0.310. The molecule has 1 aromatic heterocycles. The highest BCUT2D eigenvalue weighted by molar-refractivity contribution is 6.30. The van der Waals surface area contributed by atoms with Gasteiger partial charge in [0.2, 0.25) is 5.91 Å². The Morgan fingerprint density at radius 1 is 0.971 bits per heavy atom. The van der Waals surface area contributed by atoms with Crippen LogP contribution in [0, 0.1) is 13.8 Å². The summed E-state index contributed by atoms with van der Waals surface area (Å²) in [6, 6.07) is 21.8. The molecule has 0 bridgehead atoms. The minimum absolute atomic E-state index is 0.0180. The molecule has 0 atom stereocenters. The van der Waals surface area contributed by atoms with E-state index in [0.29, 0.717) is 24.6 Å². The summed E-state index contributed by atoms with van der Waals surface area (Å²) in [6.45, 7) is 6.27. The molecule has 0 saturated heterocycles. The van der Waals surface area contributed by atoms with E-state index in [1.165, 1.54) is 0 Å². The van der Waals surface area contributed by atoms with Crippen LogP contribution in [0.25, 0.3) is 11.0 Å². The van der Waals surface area contributed by atoms with E-state index in [0.717, 1.165) is 65.1 Å². The summed E-state index contributed by atoms with van der Waals surface area (Å²) in [4.78, 5) is 17.1. The summed E-state index contributed by atoms with van der Waals surface area (Å²) >= 11 is 5.92. The van der Waals surface area contributed by atoms with Crippen molar-refractivity contribution in [1.82, 2.24) is 14.9 Å². The first-order valence-corrected chi connectivity index (χ1v) is 12.5. The monoisotopic (exact) mass is 489 g/mol. The number of aryl methyl sites for hydroxylation is 4. The van der Waals surface area contributed by atoms with Gasteiger partial charge in [0.1, 0.15) is 11.6 Å². The van der Waals surface area contributed by atoms with Gasteiger partial charge in [-0.3, -0.25) is 4.79 Å². The number of nitrogens with zero attached hydrogens (tertiary/aromatic N) is 2. The SMILES string of the molecule is Cc1cccc(C)c1OCCCn1c(CCCNC(=O)Cc2ccc(Cl)cc2)nc2ccccc21. The zero-order chi connectivity index (χ0) is 24.6. The van der Waals surface area contributed by atoms with Gasteiger partial charge in [0.15, 0.2) is 0 Å². The van der Waals surface area contributed by atoms with Gasteiger partial charge in [-0.25, -0.2) is 4.98 Å². The van der Waals surface area contributed by atoms with Crippen LogP contribution in [0.5, 0.6) is 5.75 Å². The van der Waals surface area contributed by atoms with Gasteiger partial charge in [0, 0.05) is 24.5 Å². The molecule has 0 radical (unpaired) electrons. The van der Waals surface area contributed by atoms with E-state index >= 15 is 0 Å². The molecular weight excluding hydrogens is 458 g/mol. The molecular formula is C29H32ClN3O2. The Bertz CT molecular complexity index is 1260. The molecule has 6 heteroatoms. The maximum Gasteiger partial charge on any atom is 0.224 e. The Balaban J connectivity index is 1.30. The van der Waals surface area contributed by atoms with Gasteiger partial charge in [0.05, 0.1) is 24.1 Å². The average molecular weight is 490 g/mol. The van der Waals surface area contributed by atoms with Crippen LogP contribution in [0.1, 0.15) is 35.4 Å². The lowest BCUT2D eigenvalue weighted by Crippen LogP contribution is -2.26. The molecule has 4 aromatic rings. The number of para-hydroxylation sites is 3. The van der Waals surface area contributed by atoms with E-state index in [9.17, 15) is 4.79 Å². The topological polar surface area (TPSA) is 56.1 Å². The van der Waals surface area contributed by atoms with Crippen molar-refractivity contribution < 1.29 is 9.53 Å². The number of fused-ring (bicyclic) bond motifs is 1. The average Bonchev–Trinajstić information content (AvgIpc) is 3.20. The van der Waals surface area contributed by atoms with Crippen molar-refractivity contribution in [3.8, 4) is 5.75 Å². The molecule has 0 saturated carbocycles. The first-order chi connectivity index (χ1) is 17.0. The highest BCUT2D eigenvalue weighted by Gasteiger charge is 2.11. The quantitative estimate of drug-likeness (QED) is 0.260. The number of carbonyl (C=O) groups excluding carboxylic acids is 1. The van der Waals surface area contributed by atoms with E-state index in [4.69, 9.17) is 21.3 Å². The second kappa shape index (κ2) is 11.9. The molecule has 0 aliphatic carbocycles. The fourth-order valence-corrected chi connectivity index (χ4v) is 4.44. The summed E-state index contributed by atoms with van der Waals surface area (Å²) in [5.41, 5.74) is 5.43. The first kappa shape index (κ1) is 24.8. The molecule has 0 aliphatic heterocycles. The van der Waals surface area contributed by atoms with E-state index in [2.05, 4.69) is 60.1 Å². The van der Waals surface area contributed by atoms with Crippen molar-refractivity contribution in [3.63, 3.8) is 0 Å². The highest BCUT2D eigenvalue weighted by Crippen LogP contribution is 2.23. The maximum absolute atomic E-state index is 12.3. The number of carbonyl (C=O) groups is 1. The van der Waals surface area contributed by atoms with Crippen molar-refractivity contribution in [3.05, 3.63) is 94.3 Å². The minimum atomic E-state index is 0.0180. The third-order valence-corrected chi connectivity index (χ3v) is 6.34. The maximum atomic E-state index is 12.3. The third kappa shape index (κ3) is 6.64. The zero-order valence-electron chi connectivity index (χ0n) is 20.4. The summed E-state index contributed by atoms with van der Waals surface area (Å²) in [7, 11) is 0. The number of hydrogen-bond donors (Lipinski definition) is 1. The smallest absolute Gasteiger partial charge is 0.224 e. The number of benzene rings is 3. The number of ether oxygens (including phenoxy) is 1.